The van der Waals surface area contributed by atoms with Crippen LogP contribution in [0.1, 0.15) is 51.9 Å². The first-order valence-corrected chi connectivity index (χ1v) is 6.73. The van der Waals surface area contributed by atoms with Gasteiger partial charge < -0.3 is 10.1 Å². The maximum absolute atomic E-state index is 11.0. The first-order chi connectivity index (χ1) is 7.74. The number of carbonyl (C=O) groups is 2. The van der Waals surface area contributed by atoms with E-state index in [2.05, 4.69) is 24.9 Å². The van der Waals surface area contributed by atoms with Gasteiger partial charge in [-0.15, -0.1) is 0 Å². The number of unbranched alkanes of at least 4 members (excludes halogenated alkanes) is 5. The lowest BCUT2D eigenvalue weighted by atomic mass is 10.1. The van der Waals surface area contributed by atoms with Crippen LogP contribution in [0.3, 0.4) is 0 Å². The SMILES string of the molecule is CCCCCCCCC(C=O)NC(=O)CS. The number of aldehydes is 1. The van der Waals surface area contributed by atoms with Crippen molar-refractivity contribution in [3.8, 4) is 0 Å². The Hall–Kier alpha value is -0.510. The molecule has 0 aromatic carbocycles. The van der Waals surface area contributed by atoms with E-state index in [1.807, 2.05) is 0 Å². The smallest absolute Gasteiger partial charge is 0.230 e. The van der Waals surface area contributed by atoms with Crippen LogP contribution in [-0.4, -0.2) is 24.0 Å². The van der Waals surface area contributed by atoms with Crippen molar-refractivity contribution in [1.29, 1.82) is 0 Å². The summed E-state index contributed by atoms with van der Waals surface area (Å²) in [6, 6.07) is -0.328. The number of hydrogen-bond donors (Lipinski definition) is 2. The molecule has 4 heteroatoms. The molecule has 0 aromatic rings. The number of rotatable bonds is 10. The number of thiol groups is 1. The molecule has 0 aliphatic rings. The molecule has 0 aliphatic carbocycles. The molecule has 0 aromatic heterocycles. The highest BCUT2D eigenvalue weighted by Crippen LogP contribution is 2.08. The van der Waals surface area contributed by atoms with Gasteiger partial charge in [-0.1, -0.05) is 45.4 Å². The van der Waals surface area contributed by atoms with Crippen LogP contribution in [-0.2, 0) is 9.59 Å². The van der Waals surface area contributed by atoms with Gasteiger partial charge >= 0.3 is 0 Å². The van der Waals surface area contributed by atoms with Crippen LogP contribution in [0, 0.1) is 0 Å². The molecule has 0 heterocycles. The first-order valence-electron chi connectivity index (χ1n) is 6.10. The van der Waals surface area contributed by atoms with Gasteiger partial charge in [-0.05, 0) is 6.42 Å². The molecular formula is C12H23NO2S. The molecule has 1 amide bonds. The van der Waals surface area contributed by atoms with E-state index in [1.54, 1.807) is 0 Å². The second-order valence-electron chi connectivity index (χ2n) is 4.02. The van der Waals surface area contributed by atoms with E-state index in [0.717, 1.165) is 25.5 Å². The molecule has 0 radical (unpaired) electrons. The van der Waals surface area contributed by atoms with E-state index in [-0.39, 0.29) is 17.7 Å². The van der Waals surface area contributed by atoms with E-state index >= 15 is 0 Å². The Morgan fingerprint density at radius 2 is 1.88 bits per heavy atom. The average molecular weight is 245 g/mol. The van der Waals surface area contributed by atoms with Gasteiger partial charge in [0, 0.05) is 0 Å². The third-order valence-electron chi connectivity index (χ3n) is 2.52. The fourth-order valence-electron chi connectivity index (χ4n) is 1.57. The summed E-state index contributed by atoms with van der Waals surface area (Å²) < 4.78 is 0. The summed E-state index contributed by atoms with van der Waals surface area (Å²) in [6.45, 7) is 2.19. The van der Waals surface area contributed by atoms with E-state index < -0.39 is 0 Å². The second-order valence-corrected chi connectivity index (χ2v) is 4.34. The molecule has 0 spiro atoms. The van der Waals surface area contributed by atoms with Crippen LogP contribution in [0.25, 0.3) is 0 Å². The molecule has 0 aliphatic heterocycles. The average Bonchev–Trinajstić information content (AvgIpc) is 2.31. The van der Waals surface area contributed by atoms with E-state index in [0.29, 0.717) is 0 Å². The topological polar surface area (TPSA) is 46.2 Å². The van der Waals surface area contributed by atoms with Crippen LogP contribution in [0.15, 0.2) is 0 Å². The molecule has 3 nitrogen and oxygen atoms in total. The third kappa shape index (κ3) is 8.77. The van der Waals surface area contributed by atoms with Gasteiger partial charge in [0.05, 0.1) is 11.8 Å². The number of carbonyl (C=O) groups excluding carboxylic acids is 2. The lowest BCUT2D eigenvalue weighted by molar-refractivity contribution is -0.121. The van der Waals surface area contributed by atoms with Crippen LogP contribution in [0.5, 0.6) is 0 Å². The van der Waals surface area contributed by atoms with Crippen molar-refractivity contribution in [2.24, 2.45) is 0 Å². The molecule has 16 heavy (non-hydrogen) atoms. The van der Waals surface area contributed by atoms with Gasteiger partial charge in [0.15, 0.2) is 0 Å². The summed E-state index contributed by atoms with van der Waals surface area (Å²) in [5.41, 5.74) is 0. The number of hydrogen-bond acceptors (Lipinski definition) is 3. The Kier molecular flexibility index (Phi) is 10.6. The quantitative estimate of drug-likeness (QED) is 0.352. The van der Waals surface area contributed by atoms with Gasteiger partial charge in [-0.25, -0.2) is 0 Å². The minimum Gasteiger partial charge on any atom is -0.346 e. The van der Waals surface area contributed by atoms with Crippen molar-refractivity contribution in [2.45, 2.75) is 57.9 Å². The van der Waals surface area contributed by atoms with Crippen molar-refractivity contribution in [1.82, 2.24) is 5.32 Å². The number of amides is 1. The Bertz CT molecular complexity index is 197. The fraction of sp³-hybridized carbons (Fsp3) is 0.833. The minimum atomic E-state index is -0.328. The van der Waals surface area contributed by atoms with Gasteiger partial charge in [0.25, 0.3) is 0 Å². The van der Waals surface area contributed by atoms with E-state index in [9.17, 15) is 9.59 Å². The molecule has 1 unspecified atom stereocenters. The van der Waals surface area contributed by atoms with Gasteiger partial charge in [0.2, 0.25) is 5.91 Å². The Labute approximate surface area is 104 Å². The summed E-state index contributed by atoms with van der Waals surface area (Å²) >= 11 is 3.85. The molecule has 0 rings (SSSR count). The van der Waals surface area contributed by atoms with E-state index in [1.165, 1.54) is 25.7 Å². The molecule has 0 fully saturated rings. The van der Waals surface area contributed by atoms with Crippen LogP contribution < -0.4 is 5.32 Å². The normalized spacial score (nSPS) is 12.1. The highest BCUT2D eigenvalue weighted by atomic mass is 32.1. The van der Waals surface area contributed by atoms with Crippen molar-refractivity contribution in [2.75, 3.05) is 5.75 Å². The Morgan fingerprint density at radius 1 is 1.25 bits per heavy atom. The predicted octanol–water partition coefficient (Wildman–Crippen LogP) is 2.35. The molecule has 1 atom stereocenters. The standard InChI is InChI=1S/C12H23NO2S/c1-2-3-4-5-6-7-8-11(9-14)13-12(15)10-16/h9,11,16H,2-8,10H2,1H3,(H,13,15). The zero-order valence-corrected chi connectivity index (χ0v) is 11.0. The summed E-state index contributed by atoms with van der Waals surface area (Å²) in [7, 11) is 0. The molecular weight excluding hydrogens is 222 g/mol. The van der Waals surface area contributed by atoms with Crippen molar-refractivity contribution in [3.05, 3.63) is 0 Å². The number of nitrogens with one attached hydrogen (secondary N) is 1. The summed E-state index contributed by atoms with van der Waals surface area (Å²) in [5, 5.41) is 2.64. The van der Waals surface area contributed by atoms with Crippen molar-refractivity contribution < 1.29 is 9.59 Å². The molecule has 0 saturated heterocycles. The van der Waals surface area contributed by atoms with Crippen molar-refractivity contribution in [3.63, 3.8) is 0 Å². The van der Waals surface area contributed by atoms with Gasteiger partial charge in [0.1, 0.15) is 6.29 Å². The van der Waals surface area contributed by atoms with Crippen LogP contribution in [0.4, 0.5) is 0 Å². The zero-order chi connectivity index (χ0) is 12.2. The summed E-state index contributed by atoms with van der Waals surface area (Å²) in [6.07, 6.45) is 8.72. The molecule has 0 bridgehead atoms. The Balaban J connectivity index is 3.48. The molecule has 1 N–H and O–H groups in total. The lowest BCUT2D eigenvalue weighted by Gasteiger charge is -2.11. The van der Waals surface area contributed by atoms with Gasteiger partial charge in [-0.3, -0.25) is 4.79 Å². The fourth-order valence-corrected chi connectivity index (χ4v) is 1.66. The zero-order valence-electron chi connectivity index (χ0n) is 10.1. The molecule has 94 valence electrons. The second kappa shape index (κ2) is 11.0. The van der Waals surface area contributed by atoms with Gasteiger partial charge in [-0.2, -0.15) is 12.6 Å². The molecule has 0 saturated carbocycles. The van der Waals surface area contributed by atoms with Crippen LogP contribution >= 0.6 is 12.6 Å². The first kappa shape index (κ1) is 15.5. The monoisotopic (exact) mass is 245 g/mol. The minimum absolute atomic E-state index is 0.140. The highest BCUT2D eigenvalue weighted by molar-refractivity contribution is 7.81. The largest absolute Gasteiger partial charge is 0.346 e. The summed E-state index contributed by atoms with van der Waals surface area (Å²) in [4.78, 5) is 21.7. The van der Waals surface area contributed by atoms with E-state index in [4.69, 9.17) is 0 Å². The van der Waals surface area contributed by atoms with Crippen LogP contribution in [0.2, 0.25) is 0 Å². The maximum Gasteiger partial charge on any atom is 0.230 e. The summed E-state index contributed by atoms with van der Waals surface area (Å²) in [5.74, 6) is -0.0349. The third-order valence-corrected chi connectivity index (χ3v) is 2.81. The predicted molar refractivity (Wildman–Crippen MR) is 69.8 cm³/mol. The maximum atomic E-state index is 11.0. The Morgan fingerprint density at radius 3 is 2.44 bits per heavy atom. The highest BCUT2D eigenvalue weighted by Gasteiger charge is 2.09. The van der Waals surface area contributed by atoms with Crippen molar-refractivity contribution >= 4 is 24.8 Å². The lowest BCUT2D eigenvalue weighted by Crippen LogP contribution is -2.36.